The fourth-order valence-electron chi connectivity index (χ4n) is 8.32. The van der Waals surface area contributed by atoms with Crippen molar-refractivity contribution >= 4 is 22.2 Å². The Labute approximate surface area is 321 Å². The standard InChI is InChI=1S/C41H70O10Si2/c1-15-33-40(49-27-46-22-23-52(10,11)12,25-47-37(50-33)29-16-18-30(45-9)19-17-29)32-24-34(51-53(13,14)38(3,4)5)41(43)21-20-31(39(41,6)7)36(48-26-44-8)35(42)28(32)2/h15-19,28,31-34,36-37,43H,1,20-27H2,2-14H3/t28-,31+,32-,33+,34-,36+,37-,40+,41+/m0/s1. The van der Waals surface area contributed by atoms with Gasteiger partial charge in [-0.25, -0.2) is 0 Å². The van der Waals surface area contributed by atoms with Crippen molar-refractivity contribution in [2.24, 2.45) is 23.2 Å². The second-order valence-electron chi connectivity index (χ2n) is 18.8. The van der Waals surface area contributed by atoms with Crippen LogP contribution in [-0.4, -0.2) is 97.8 Å². The Morgan fingerprint density at radius 2 is 1.70 bits per heavy atom. The van der Waals surface area contributed by atoms with Crippen LogP contribution in [0.2, 0.25) is 43.8 Å². The lowest BCUT2D eigenvalue weighted by Crippen LogP contribution is -2.63. The lowest BCUT2D eigenvalue weighted by molar-refractivity contribution is -0.326. The third kappa shape index (κ3) is 9.24. The van der Waals surface area contributed by atoms with Crippen molar-refractivity contribution < 1.29 is 47.5 Å². The van der Waals surface area contributed by atoms with Gasteiger partial charge >= 0.3 is 0 Å². The van der Waals surface area contributed by atoms with E-state index in [-0.39, 0.29) is 36.9 Å². The molecule has 2 saturated carbocycles. The highest BCUT2D eigenvalue weighted by Gasteiger charge is 2.66. The molecule has 2 bridgehead atoms. The summed E-state index contributed by atoms with van der Waals surface area (Å²) in [5, 5.41) is 13.0. The van der Waals surface area contributed by atoms with Crippen LogP contribution in [0.3, 0.4) is 0 Å². The molecule has 0 aromatic heterocycles. The molecule has 1 aromatic rings. The van der Waals surface area contributed by atoms with E-state index in [9.17, 15) is 5.11 Å². The van der Waals surface area contributed by atoms with Crippen molar-refractivity contribution in [1.29, 1.82) is 0 Å². The van der Waals surface area contributed by atoms with E-state index in [1.807, 2.05) is 31.2 Å². The summed E-state index contributed by atoms with van der Waals surface area (Å²) in [4.78, 5) is 15.0. The third-order valence-corrected chi connectivity index (χ3v) is 19.2. The van der Waals surface area contributed by atoms with Gasteiger partial charge < -0.3 is 42.7 Å². The van der Waals surface area contributed by atoms with Gasteiger partial charge in [-0.15, -0.1) is 6.58 Å². The molecule has 2 aliphatic carbocycles. The number of methoxy groups -OCH3 is 2. The third-order valence-electron chi connectivity index (χ3n) is 13.0. The van der Waals surface area contributed by atoms with Crippen LogP contribution in [0.4, 0.5) is 0 Å². The Morgan fingerprint density at radius 1 is 1.04 bits per heavy atom. The monoisotopic (exact) mass is 778 g/mol. The van der Waals surface area contributed by atoms with E-state index >= 15 is 4.79 Å². The number of rotatable bonds is 15. The zero-order valence-corrected chi connectivity index (χ0v) is 36.9. The number of carbonyl (C=O) groups is 1. The van der Waals surface area contributed by atoms with Crippen molar-refractivity contribution in [3.8, 4) is 5.75 Å². The first-order valence-corrected chi connectivity index (χ1v) is 26.0. The molecule has 0 spiro atoms. The van der Waals surface area contributed by atoms with Crippen LogP contribution in [-0.2, 0) is 37.6 Å². The molecular weight excluding hydrogens is 709 g/mol. The molecule has 1 aliphatic heterocycles. The Kier molecular flexibility index (Phi) is 14.2. The molecule has 9 atom stereocenters. The molecule has 3 aliphatic rings. The largest absolute Gasteiger partial charge is 0.497 e. The number of aliphatic hydroxyl groups is 1. The minimum absolute atomic E-state index is 0.0259. The van der Waals surface area contributed by atoms with E-state index in [2.05, 4.69) is 73.9 Å². The summed E-state index contributed by atoms with van der Waals surface area (Å²) >= 11 is 0. The van der Waals surface area contributed by atoms with Crippen molar-refractivity contribution in [2.45, 2.75) is 140 Å². The summed E-state index contributed by atoms with van der Waals surface area (Å²) in [6.07, 6.45) is 0.298. The number of fused-ring (bicyclic) bond motifs is 2. The predicted octanol–water partition coefficient (Wildman–Crippen LogP) is 8.13. The van der Waals surface area contributed by atoms with Crippen LogP contribution in [0.25, 0.3) is 0 Å². The fourth-order valence-corrected chi connectivity index (χ4v) is 10.4. The van der Waals surface area contributed by atoms with Crippen molar-refractivity contribution in [2.75, 3.05) is 41.0 Å². The van der Waals surface area contributed by atoms with Gasteiger partial charge in [0.1, 0.15) is 37.1 Å². The lowest BCUT2D eigenvalue weighted by Gasteiger charge is -2.53. The predicted molar refractivity (Wildman–Crippen MR) is 212 cm³/mol. The van der Waals surface area contributed by atoms with Crippen molar-refractivity contribution in [1.82, 2.24) is 0 Å². The Hall–Kier alpha value is -1.46. The van der Waals surface area contributed by atoms with E-state index in [0.717, 1.165) is 17.4 Å². The van der Waals surface area contributed by atoms with E-state index in [1.54, 1.807) is 20.3 Å². The van der Waals surface area contributed by atoms with Gasteiger partial charge in [-0.2, -0.15) is 0 Å². The first-order chi connectivity index (χ1) is 24.6. The normalized spacial score (nSPS) is 33.9. The second kappa shape index (κ2) is 17.0. The quantitative estimate of drug-likeness (QED) is 0.0811. The van der Waals surface area contributed by atoms with Gasteiger partial charge in [0.05, 0.1) is 25.4 Å². The molecule has 12 heteroatoms. The van der Waals surface area contributed by atoms with Crippen LogP contribution in [0.1, 0.15) is 72.7 Å². The van der Waals surface area contributed by atoms with Gasteiger partial charge in [-0.1, -0.05) is 79.4 Å². The molecule has 302 valence electrons. The van der Waals surface area contributed by atoms with Gasteiger partial charge in [0, 0.05) is 50.5 Å². The second-order valence-corrected chi connectivity index (χ2v) is 29.2. The summed E-state index contributed by atoms with van der Waals surface area (Å²) in [7, 11) is -0.655. The highest BCUT2D eigenvalue weighted by atomic mass is 28.4. The van der Waals surface area contributed by atoms with Crippen LogP contribution < -0.4 is 4.74 Å². The van der Waals surface area contributed by atoms with E-state index < -0.39 is 69.4 Å². The molecule has 10 nitrogen and oxygen atoms in total. The van der Waals surface area contributed by atoms with Crippen molar-refractivity contribution in [3.63, 3.8) is 0 Å². The topological polar surface area (TPSA) is 111 Å². The zero-order chi connectivity index (χ0) is 39.6. The number of benzene rings is 1. The molecule has 3 fully saturated rings. The highest BCUT2D eigenvalue weighted by Crippen LogP contribution is 2.59. The SMILES string of the molecule is C=C[C@H]1O[C@@H](c2ccc(OC)cc2)OC[C@@]1(OCOCC[Si](C)(C)C)[C@H]1C[C@H](O[Si](C)(C)C(C)(C)C)[C@]2(O)CC[C@H]([C@@H](OCOC)C(=O)[C@H]1C)C2(C)C. The molecule has 1 aromatic carbocycles. The molecule has 0 radical (unpaired) electrons. The average Bonchev–Trinajstić information content (AvgIpc) is 3.33. The van der Waals surface area contributed by atoms with E-state index in [1.165, 1.54) is 0 Å². The summed E-state index contributed by atoms with van der Waals surface area (Å²) in [5.41, 5.74) is -2.42. The minimum atomic E-state index is -2.47. The van der Waals surface area contributed by atoms with Gasteiger partial charge in [-0.05, 0) is 55.6 Å². The number of ether oxygens (including phenoxy) is 7. The minimum Gasteiger partial charge on any atom is -0.497 e. The molecule has 0 amide bonds. The fraction of sp³-hybridized carbons (Fsp3) is 0.780. The number of hydrogen-bond donors (Lipinski definition) is 1. The molecule has 1 saturated heterocycles. The summed E-state index contributed by atoms with van der Waals surface area (Å²) < 4.78 is 50.9. The molecule has 1 N–H and O–H groups in total. The van der Waals surface area contributed by atoms with Crippen LogP contribution >= 0.6 is 0 Å². The smallest absolute Gasteiger partial charge is 0.192 e. The molecule has 53 heavy (non-hydrogen) atoms. The van der Waals surface area contributed by atoms with Crippen LogP contribution in [0.15, 0.2) is 36.9 Å². The maximum absolute atomic E-state index is 15.0. The maximum Gasteiger partial charge on any atom is 0.192 e. The first-order valence-electron chi connectivity index (χ1n) is 19.4. The number of Topliss-reactive ketones (excluding diaryl/α,β-unsaturated/α-hetero) is 1. The molecule has 1 heterocycles. The van der Waals surface area contributed by atoms with Gasteiger partial charge in [0.2, 0.25) is 0 Å². The maximum atomic E-state index is 15.0. The summed E-state index contributed by atoms with van der Waals surface area (Å²) in [6, 6.07) is 8.55. The van der Waals surface area contributed by atoms with E-state index in [0.29, 0.717) is 25.9 Å². The highest BCUT2D eigenvalue weighted by molar-refractivity contribution is 6.76. The molecular formula is C41H70O10Si2. The number of carbonyl (C=O) groups excluding carboxylic acids is 1. The Bertz CT molecular complexity index is 1370. The van der Waals surface area contributed by atoms with Crippen LogP contribution in [0.5, 0.6) is 5.75 Å². The average molecular weight is 779 g/mol. The Balaban J connectivity index is 1.87. The Morgan fingerprint density at radius 3 is 2.26 bits per heavy atom. The first kappa shape index (κ1) is 44.3. The van der Waals surface area contributed by atoms with Gasteiger partial charge in [0.15, 0.2) is 20.4 Å². The lowest BCUT2D eigenvalue weighted by atomic mass is 9.67. The number of hydrogen-bond acceptors (Lipinski definition) is 10. The summed E-state index contributed by atoms with van der Waals surface area (Å²) in [6.45, 7) is 28.9. The molecule has 0 unspecified atom stereocenters. The van der Waals surface area contributed by atoms with E-state index in [4.69, 9.17) is 37.6 Å². The van der Waals surface area contributed by atoms with Crippen LogP contribution in [0, 0.1) is 23.2 Å². The molecule has 4 rings (SSSR count). The van der Waals surface area contributed by atoms with Gasteiger partial charge in [-0.3, -0.25) is 4.79 Å². The zero-order valence-electron chi connectivity index (χ0n) is 34.9. The van der Waals surface area contributed by atoms with Gasteiger partial charge in [0.25, 0.3) is 0 Å². The summed E-state index contributed by atoms with van der Waals surface area (Å²) in [5.74, 6) is -0.778. The van der Waals surface area contributed by atoms with Crippen molar-refractivity contribution in [3.05, 3.63) is 42.5 Å². The number of ketones is 1.